The van der Waals surface area contributed by atoms with Crippen LogP contribution in [0.25, 0.3) is 0 Å². The smallest absolute Gasteiger partial charge is 0.303 e. The zero-order valence-electron chi connectivity index (χ0n) is 4.75. The number of rotatable bonds is 0. The Labute approximate surface area is 56.0 Å². The molecule has 1 heterocycles. The van der Waals surface area contributed by atoms with Gasteiger partial charge in [0.1, 0.15) is 12.7 Å². The van der Waals surface area contributed by atoms with Gasteiger partial charge in [0, 0.05) is 0 Å². The van der Waals surface area contributed by atoms with Crippen LogP contribution in [0.3, 0.4) is 0 Å². The van der Waals surface area contributed by atoms with Crippen LogP contribution in [0.15, 0.2) is 12.7 Å². The van der Waals surface area contributed by atoms with Crippen molar-refractivity contribution in [2.24, 2.45) is 0 Å². The van der Waals surface area contributed by atoms with E-state index in [1.54, 1.807) is 0 Å². The predicted molar refractivity (Wildman–Crippen MR) is 30.6 cm³/mol. The molecule has 8 heteroatoms. The van der Waals surface area contributed by atoms with E-state index < -0.39 is 7.82 Å². The molecule has 0 aliphatic heterocycles. The quantitative estimate of drug-likeness (QED) is 0.363. The van der Waals surface area contributed by atoms with E-state index in [4.69, 9.17) is 19.2 Å². The first-order chi connectivity index (χ1) is 4.50. The minimum absolute atomic E-state index is 1.44. The van der Waals surface area contributed by atoms with Crippen molar-refractivity contribution < 1.29 is 19.2 Å². The van der Waals surface area contributed by atoms with Crippen molar-refractivity contribution in [1.82, 2.24) is 15.2 Å². The molecule has 1 aromatic rings. The van der Waals surface area contributed by atoms with Gasteiger partial charge in [0.15, 0.2) is 0 Å². The molecule has 4 N–H and O–H groups in total. The first-order valence-corrected chi connectivity index (χ1v) is 3.63. The summed E-state index contributed by atoms with van der Waals surface area (Å²) in [4.78, 5) is 25.1. The fourth-order valence-electron chi connectivity index (χ4n) is 0.167. The molecule has 1 aromatic heterocycles. The maximum Gasteiger partial charge on any atom is 0.466 e. The Morgan fingerprint density at radius 2 is 1.90 bits per heavy atom. The van der Waals surface area contributed by atoms with Gasteiger partial charge < -0.3 is 14.7 Å². The molecule has 0 aromatic carbocycles. The number of nitrogens with zero attached hydrogens (tertiary/aromatic N) is 2. The molecule has 0 fully saturated rings. The molecule has 1 rings (SSSR count). The van der Waals surface area contributed by atoms with E-state index in [9.17, 15) is 0 Å². The molecule has 0 saturated carbocycles. The predicted octanol–water partition coefficient (Wildman–Crippen LogP) is -1.12. The van der Waals surface area contributed by atoms with Gasteiger partial charge in [0.2, 0.25) is 0 Å². The average molecular weight is 167 g/mol. The van der Waals surface area contributed by atoms with Gasteiger partial charge >= 0.3 is 7.82 Å². The summed E-state index contributed by atoms with van der Waals surface area (Å²) in [6.45, 7) is 0. The molecule has 7 nitrogen and oxygen atoms in total. The zero-order valence-corrected chi connectivity index (χ0v) is 5.64. The Morgan fingerprint density at radius 3 is 2.00 bits per heavy atom. The van der Waals surface area contributed by atoms with Crippen molar-refractivity contribution in [1.29, 1.82) is 0 Å². The van der Waals surface area contributed by atoms with E-state index >= 15 is 0 Å². The Bertz CT molecular complexity index is 167. The Balaban J connectivity index is 0.000000162. The van der Waals surface area contributed by atoms with Crippen LogP contribution in [0.4, 0.5) is 0 Å². The average Bonchev–Trinajstić information content (AvgIpc) is 2.07. The van der Waals surface area contributed by atoms with Crippen molar-refractivity contribution in [3.63, 3.8) is 0 Å². The van der Waals surface area contributed by atoms with Gasteiger partial charge in [0.25, 0.3) is 0 Å². The summed E-state index contributed by atoms with van der Waals surface area (Å²) >= 11 is 0. The monoisotopic (exact) mass is 167 g/mol. The van der Waals surface area contributed by atoms with E-state index in [1.165, 1.54) is 12.7 Å². The standard InChI is InChI=1S/C2H3N3.H3O4P/c1-3-2-5-4-1;1-5(2,3)4/h1-2H,(H,3,4,5);(H3,1,2,3,4). The van der Waals surface area contributed by atoms with Gasteiger partial charge in [-0.15, -0.1) is 0 Å². The molecule has 0 unspecified atom stereocenters. The van der Waals surface area contributed by atoms with Gasteiger partial charge in [-0.2, -0.15) is 5.10 Å². The molecule has 0 saturated heterocycles. The summed E-state index contributed by atoms with van der Waals surface area (Å²) in [6.07, 6.45) is 2.96. The Morgan fingerprint density at radius 1 is 1.40 bits per heavy atom. The lowest BCUT2D eigenvalue weighted by molar-refractivity contribution is 0.275. The summed E-state index contributed by atoms with van der Waals surface area (Å²) in [7, 11) is -4.64. The molecule has 0 amide bonds. The second-order valence-corrected chi connectivity index (χ2v) is 2.19. The molecule has 0 radical (unpaired) electrons. The largest absolute Gasteiger partial charge is 0.466 e. The van der Waals surface area contributed by atoms with Gasteiger partial charge in [-0.1, -0.05) is 0 Å². The van der Waals surface area contributed by atoms with E-state index in [-0.39, 0.29) is 0 Å². The number of aromatic amines is 1. The van der Waals surface area contributed by atoms with E-state index in [0.29, 0.717) is 0 Å². The molecule has 10 heavy (non-hydrogen) atoms. The van der Waals surface area contributed by atoms with Crippen molar-refractivity contribution in [2.45, 2.75) is 0 Å². The second kappa shape index (κ2) is 4.13. The molecule has 58 valence electrons. The summed E-state index contributed by atoms with van der Waals surface area (Å²) < 4.78 is 8.88. The summed E-state index contributed by atoms with van der Waals surface area (Å²) in [5, 5.41) is 5.99. The third-order valence-electron chi connectivity index (χ3n) is 0.331. The minimum Gasteiger partial charge on any atom is -0.303 e. The second-order valence-electron chi connectivity index (χ2n) is 1.17. The van der Waals surface area contributed by atoms with Crippen LogP contribution >= 0.6 is 7.82 Å². The number of hydrogen-bond acceptors (Lipinski definition) is 3. The minimum atomic E-state index is -4.64. The number of phosphoric acid groups is 1. The van der Waals surface area contributed by atoms with Crippen LogP contribution in [0.5, 0.6) is 0 Å². The van der Waals surface area contributed by atoms with Crippen LogP contribution < -0.4 is 0 Å². The topological polar surface area (TPSA) is 119 Å². The maximum atomic E-state index is 8.88. The van der Waals surface area contributed by atoms with E-state index in [1.807, 2.05) is 0 Å². The molecular weight excluding hydrogens is 161 g/mol. The highest BCUT2D eigenvalue weighted by molar-refractivity contribution is 7.45. The van der Waals surface area contributed by atoms with Gasteiger partial charge in [0.05, 0.1) is 0 Å². The molecule has 0 aliphatic carbocycles. The summed E-state index contributed by atoms with van der Waals surface area (Å²) in [5.74, 6) is 0. The molecule has 0 atom stereocenters. The maximum absolute atomic E-state index is 8.88. The fraction of sp³-hybridized carbons (Fsp3) is 0. The lowest BCUT2D eigenvalue weighted by Crippen LogP contribution is -1.66. The first kappa shape index (κ1) is 9.25. The van der Waals surface area contributed by atoms with E-state index in [0.717, 1.165) is 0 Å². The normalized spacial score (nSPS) is 9.90. The third kappa shape index (κ3) is 15.7. The highest BCUT2D eigenvalue weighted by atomic mass is 31.2. The molecular formula is C2H6N3O4P. The summed E-state index contributed by atoms with van der Waals surface area (Å²) in [5.41, 5.74) is 0. The van der Waals surface area contributed by atoms with Gasteiger partial charge in [-0.05, 0) is 0 Å². The highest BCUT2D eigenvalue weighted by Gasteiger charge is 2.00. The molecule has 0 aliphatic rings. The number of H-pyrrole nitrogens is 1. The fourth-order valence-corrected chi connectivity index (χ4v) is 0.167. The van der Waals surface area contributed by atoms with Crippen LogP contribution in [0.2, 0.25) is 0 Å². The van der Waals surface area contributed by atoms with Crippen LogP contribution in [-0.2, 0) is 4.57 Å². The highest BCUT2D eigenvalue weighted by Crippen LogP contribution is 2.25. The Kier molecular flexibility index (Phi) is 3.82. The number of aromatic nitrogens is 3. The van der Waals surface area contributed by atoms with Crippen molar-refractivity contribution in [3.8, 4) is 0 Å². The van der Waals surface area contributed by atoms with Crippen molar-refractivity contribution in [2.75, 3.05) is 0 Å². The Hall–Kier alpha value is -0.750. The third-order valence-corrected chi connectivity index (χ3v) is 0.331. The van der Waals surface area contributed by atoms with Gasteiger partial charge in [-0.25, -0.2) is 9.55 Å². The van der Waals surface area contributed by atoms with Crippen LogP contribution in [0, 0.1) is 0 Å². The SMILES string of the molecule is O=P(O)(O)O.c1nc[nH]n1. The van der Waals surface area contributed by atoms with Crippen LogP contribution in [-0.4, -0.2) is 29.9 Å². The van der Waals surface area contributed by atoms with E-state index in [2.05, 4.69) is 15.2 Å². The van der Waals surface area contributed by atoms with Crippen molar-refractivity contribution in [3.05, 3.63) is 12.7 Å². The van der Waals surface area contributed by atoms with Crippen LogP contribution in [0.1, 0.15) is 0 Å². The summed E-state index contributed by atoms with van der Waals surface area (Å²) in [6, 6.07) is 0. The zero-order chi connectivity index (χ0) is 8.04. The number of hydrogen-bond donors (Lipinski definition) is 4. The van der Waals surface area contributed by atoms with Crippen molar-refractivity contribution >= 4 is 7.82 Å². The molecule has 0 spiro atoms. The first-order valence-electron chi connectivity index (χ1n) is 2.07. The molecule has 0 bridgehead atoms. The lowest BCUT2D eigenvalue weighted by atomic mass is 11.3. The number of nitrogens with one attached hydrogen (secondary N) is 1. The lowest BCUT2D eigenvalue weighted by Gasteiger charge is -1.82. The van der Waals surface area contributed by atoms with Gasteiger partial charge in [-0.3, -0.25) is 5.10 Å².